The van der Waals surface area contributed by atoms with Crippen LogP contribution in [0.1, 0.15) is 24.2 Å². The standard InChI is InChI=1S/C14H11BrN4O2/c1-9(10-4-2-3-5-11(10)15)17-14-7-6-13(19(20)21)12(8-16)18-14/h2-7,9H,1H3,(H,17,18). The Morgan fingerprint density at radius 2 is 2.10 bits per heavy atom. The predicted molar refractivity (Wildman–Crippen MR) is 81.8 cm³/mol. The molecule has 0 saturated heterocycles. The number of benzene rings is 1. The molecule has 0 amide bonds. The van der Waals surface area contributed by atoms with Crippen molar-refractivity contribution in [2.75, 3.05) is 5.32 Å². The molecule has 2 aromatic rings. The molecule has 0 saturated carbocycles. The van der Waals surface area contributed by atoms with Crippen LogP contribution >= 0.6 is 15.9 Å². The Labute approximate surface area is 129 Å². The first-order valence-corrected chi connectivity index (χ1v) is 6.88. The van der Waals surface area contributed by atoms with E-state index in [-0.39, 0.29) is 17.4 Å². The number of hydrogen-bond donors (Lipinski definition) is 1. The zero-order valence-electron chi connectivity index (χ0n) is 11.1. The van der Waals surface area contributed by atoms with Crippen molar-refractivity contribution in [2.24, 2.45) is 0 Å². The van der Waals surface area contributed by atoms with Crippen molar-refractivity contribution in [1.29, 1.82) is 5.26 Å². The number of rotatable bonds is 4. The van der Waals surface area contributed by atoms with E-state index in [1.165, 1.54) is 12.1 Å². The third-order valence-electron chi connectivity index (χ3n) is 2.91. The van der Waals surface area contributed by atoms with Crippen molar-refractivity contribution in [2.45, 2.75) is 13.0 Å². The molecule has 0 aliphatic carbocycles. The van der Waals surface area contributed by atoms with Gasteiger partial charge in [-0.05, 0) is 24.6 Å². The van der Waals surface area contributed by atoms with Gasteiger partial charge in [-0.25, -0.2) is 4.98 Å². The monoisotopic (exact) mass is 346 g/mol. The average molecular weight is 347 g/mol. The Hall–Kier alpha value is -2.46. The molecule has 0 bridgehead atoms. The number of halogens is 1. The predicted octanol–water partition coefficient (Wildman–Crippen LogP) is 3.80. The summed E-state index contributed by atoms with van der Waals surface area (Å²) in [5, 5.41) is 22.8. The van der Waals surface area contributed by atoms with E-state index in [2.05, 4.69) is 26.2 Å². The highest BCUT2D eigenvalue weighted by Crippen LogP contribution is 2.26. The quantitative estimate of drug-likeness (QED) is 0.671. The number of anilines is 1. The van der Waals surface area contributed by atoms with E-state index in [0.29, 0.717) is 5.82 Å². The smallest absolute Gasteiger partial charge is 0.305 e. The van der Waals surface area contributed by atoms with Gasteiger partial charge in [0.2, 0.25) is 5.69 Å². The van der Waals surface area contributed by atoms with Crippen LogP contribution < -0.4 is 5.32 Å². The third kappa shape index (κ3) is 3.35. The Morgan fingerprint density at radius 1 is 1.38 bits per heavy atom. The first kappa shape index (κ1) is 14.9. The lowest BCUT2D eigenvalue weighted by Gasteiger charge is -2.16. The molecule has 0 spiro atoms. The number of hydrogen-bond acceptors (Lipinski definition) is 5. The maximum absolute atomic E-state index is 10.8. The van der Waals surface area contributed by atoms with Gasteiger partial charge in [0.1, 0.15) is 11.9 Å². The lowest BCUT2D eigenvalue weighted by molar-refractivity contribution is -0.385. The summed E-state index contributed by atoms with van der Waals surface area (Å²) < 4.78 is 0.951. The molecule has 1 N–H and O–H groups in total. The van der Waals surface area contributed by atoms with Gasteiger partial charge in [-0.3, -0.25) is 10.1 Å². The minimum atomic E-state index is -0.619. The van der Waals surface area contributed by atoms with Gasteiger partial charge in [0.15, 0.2) is 0 Å². The van der Waals surface area contributed by atoms with Crippen LogP contribution in [0, 0.1) is 21.4 Å². The summed E-state index contributed by atoms with van der Waals surface area (Å²) in [6.07, 6.45) is 0. The summed E-state index contributed by atoms with van der Waals surface area (Å²) in [7, 11) is 0. The highest BCUT2D eigenvalue weighted by atomic mass is 79.9. The number of nitriles is 1. The maximum Gasteiger partial charge on any atom is 0.305 e. The van der Waals surface area contributed by atoms with Crippen LogP contribution in [-0.2, 0) is 0 Å². The SMILES string of the molecule is CC(Nc1ccc([N+](=O)[O-])c(C#N)n1)c1ccccc1Br. The van der Waals surface area contributed by atoms with Crippen LogP contribution in [0.15, 0.2) is 40.9 Å². The Morgan fingerprint density at radius 3 is 2.71 bits per heavy atom. The molecular formula is C14H11BrN4O2. The fourth-order valence-corrected chi connectivity index (χ4v) is 2.52. The highest BCUT2D eigenvalue weighted by molar-refractivity contribution is 9.10. The molecule has 7 heteroatoms. The number of nitrogens with one attached hydrogen (secondary N) is 1. The second-order valence-electron chi connectivity index (χ2n) is 4.32. The lowest BCUT2D eigenvalue weighted by atomic mass is 10.1. The molecule has 1 unspecified atom stereocenters. The van der Waals surface area contributed by atoms with Gasteiger partial charge in [-0.1, -0.05) is 34.1 Å². The second-order valence-corrected chi connectivity index (χ2v) is 5.18. The summed E-state index contributed by atoms with van der Waals surface area (Å²) in [6.45, 7) is 1.94. The van der Waals surface area contributed by atoms with Crippen molar-refractivity contribution in [1.82, 2.24) is 4.98 Å². The molecule has 21 heavy (non-hydrogen) atoms. The fraction of sp³-hybridized carbons (Fsp3) is 0.143. The number of aromatic nitrogens is 1. The molecule has 106 valence electrons. The summed E-state index contributed by atoms with van der Waals surface area (Å²) in [4.78, 5) is 14.1. The summed E-state index contributed by atoms with van der Waals surface area (Å²) in [6, 6.07) is 12.2. The molecule has 1 atom stereocenters. The van der Waals surface area contributed by atoms with E-state index >= 15 is 0 Å². The normalized spacial score (nSPS) is 11.5. The van der Waals surface area contributed by atoms with Crippen LogP contribution in [0.5, 0.6) is 0 Å². The van der Waals surface area contributed by atoms with Crippen molar-refractivity contribution in [3.05, 3.63) is 62.2 Å². The van der Waals surface area contributed by atoms with Crippen molar-refractivity contribution >= 4 is 27.4 Å². The molecule has 0 fully saturated rings. The Kier molecular flexibility index (Phi) is 4.50. The van der Waals surface area contributed by atoms with Crippen LogP contribution in [-0.4, -0.2) is 9.91 Å². The minimum Gasteiger partial charge on any atom is -0.363 e. The topological polar surface area (TPSA) is 91.9 Å². The van der Waals surface area contributed by atoms with E-state index in [4.69, 9.17) is 5.26 Å². The van der Waals surface area contributed by atoms with E-state index < -0.39 is 4.92 Å². The van der Waals surface area contributed by atoms with Crippen molar-refractivity contribution in [3.8, 4) is 6.07 Å². The maximum atomic E-state index is 10.8. The molecule has 0 radical (unpaired) electrons. The molecule has 1 aromatic heterocycles. The van der Waals surface area contributed by atoms with E-state index in [1.807, 2.05) is 31.2 Å². The molecule has 6 nitrogen and oxygen atoms in total. The van der Waals surface area contributed by atoms with Crippen LogP contribution in [0.2, 0.25) is 0 Å². The molecule has 2 rings (SSSR count). The van der Waals surface area contributed by atoms with Gasteiger partial charge >= 0.3 is 5.69 Å². The first-order valence-electron chi connectivity index (χ1n) is 6.09. The van der Waals surface area contributed by atoms with Gasteiger partial charge in [0.05, 0.1) is 11.0 Å². The molecule has 0 aliphatic rings. The van der Waals surface area contributed by atoms with Gasteiger partial charge in [0.25, 0.3) is 0 Å². The van der Waals surface area contributed by atoms with Gasteiger partial charge in [0, 0.05) is 10.5 Å². The molecular weight excluding hydrogens is 336 g/mol. The van der Waals surface area contributed by atoms with E-state index in [0.717, 1.165) is 10.0 Å². The fourth-order valence-electron chi connectivity index (χ4n) is 1.89. The van der Waals surface area contributed by atoms with Gasteiger partial charge < -0.3 is 5.32 Å². The van der Waals surface area contributed by atoms with Gasteiger partial charge in [-0.15, -0.1) is 0 Å². The van der Waals surface area contributed by atoms with Crippen molar-refractivity contribution < 1.29 is 4.92 Å². The Bertz CT molecular complexity index is 727. The lowest BCUT2D eigenvalue weighted by Crippen LogP contribution is -2.09. The summed E-state index contributed by atoms with van der Waals surface area (Å²) in [5.74, 6) is 0.417. The largest absolute Gasteiger partial charge is 0.363 e. The highest BCUT2D eigenvalue weighted by Gasteiger charge is 2.17. The molecule has 1 aromatic carbocycles. The summed E-state index contributed by atoms with van der Waals surface area (Å²) >= 11 is 3.47. The van der Waals surface area contributed by atoms with Crippen LogP contribution in [0.25, 0.3) is 0 Å². The minimum absolute atomic E-state index is 0.0685. The first-order chi connectivity index (χ1) is 10.0. The van der Waals surface area contributed by atoms with E-state index in [9.17, 15) is 10.1 Å². The van der Waals surface area contributed by atoms with Gasteiger partial charge in [-0.2, -0.15) is 5.26 Å². The van der Waals surface area contributed by atoms with Crippen LogP contribution in [0.4, 0.5) is 11.5 Å². The number of nitrogens with zero attached hydrogens (tertiary/aromatic N) is 3. The second kappa shape index (κ2) is 6.33. The summed E-state index contributed by atoms with van der Waals surface area (Å²) in [5.41, 5.74) is 0.525. The Balaban J connectivity index is 2.27. The average Bonchev–Trinajstić information content (AvgIpc) is 2.47. The number of nitro groups is 1. The van der Waals surface area contributed by atoms with Crippen molar-refractivity contribution in [3.63, 3.8) is 0 Å². The zero-order valence-corrected chi connectivity index (χ0v) is 12.7. The third-order valence-corrected chi connectivity index (χ3v) is 3.63. The zero-order chi connectivity index (χ0) is 15.4. The van der Waals surface area contributed by atoms with E-state index in [1.54, 1.807) is 6.07 Å². The van der Waals surface area contributed by atoms with Crippen LogP contribution in [0.3, 0.4) is 0 Å². The number of pyridine rings is 1. The molecule has 1 heterocycles. The molecule has 0 aliphatic heterocycles.